The Balaban J connectivity index is 2.38. The van der Waals surface area contributed by atoms with Gasteiger partial charge in [0.25, 0.3) is 10.0 Å². The molecule has 25 heavy (non-hydrogen) atoms. The smallest absolute Gasteiger partial charge is 0.335 e. The van der Waals surface area contributed by atoms with Crippen molar-refractivity contribution in [2.75, 3.05) is 11.3 Å². The molecule has 0 amide bonds. The average Bonchev–Trinajstić information content (AvgIpc) is 2.55. The second-order valence-electron chi connectivity index (χ2n) is 5.38. The maximum absolute atomic E-state index is 12.7. The van der Waals surface area contributed by atoms with Gasteiger partial charge in [-0.3, -0.25) is 4.72 Å². The number of sulfonamides is 1. The zero-order chi connectivity index (χ0) is 18.6. The Hall–Kier alpha value is -2.25. The highest BCUT2D eigenvalue weighted by molar-refractivity contribution is 7.92. The molecular formula is C17H18ClNO5S. The van der Waals surface area contributed by atoms with E-state index in [9.17, 15) is 13.2 Å². The van der Waals surface area contributed by atoms with E-state index in [1.165, 1.54) is 30.3 Å². The standard InChI is InChI=1S/C17H18ClNO5S/c1-3-8-24-15-9-11(2)14(18)10-16(15)25(22,23)19-13-6-4-12(5-7-13)17(20)21/h4-7,9-10,19H,3,8H2,1-2H3,(H,20,21). The third-order valence-electron chi connectivity index (χ3n) is 3.36. The summed E-state index contributed by atoms with van der Waals surface area (Å²) >= 11 is 6.07. The van der Waals surface area contributed by atoms with Gasteiger partial charge in [0.05, 0.1) is 12.2 Å². The van der Waals surface area contributed by atoms with Crippen LogP contribution >= 0.6 is 11.6 Å². The summed E-state index contributed by atoms with van der Waals surface area (Å²) in [4.78, 5) is 10.8. The van der Waals surface area contributed by atoms with E-state index in [0.29, 0.717) is 17.2 Å². The molecule has 8 heteroatoms. The number of benzene rings is 2. The molecule has 0 saturated carbocycles. The molecule has 0 radical (unpaired) electrons. The van der Waals surface area contributed by atoms with Gasteiger partial charge in [0.15, 0.2) is 0 Å². The van der Waals surface area contributed by atoms with Crippen LogP contribution in [0.25, 0.3) is 0 Å². The van der Waals surface area contributed by atoms with Crippen LogP contribution in [0, 0.1) is 6.92 Å². The summed E-state index contributed by atoms with van der Waals surface area (Å²) in [6, 6.07) is 8.32. The van der Waals surface area contributed by atoms with Gasteiger partial charge in [0, 0.05) is 10.7 Å². The SMILES string of the molecule is CCCOc1cc(C)c(Cl)cc1S(=O)(=O)Nc1ccc(C(=O)O)cc1. The van der Waals surface area contributed by atoms with E-state index in [2.05, 4.69) is 4.72 Å². The number of hydrogen-bond acceptors (Lipinski definition) is 4. The first-order valence-electron chi connectivity index (χ1n) is 7.53. The van der Waals surface area contributed by atoms with Crippen molar-refractivity contribution in [1.82, 2.24) is 0 Å². The molecule has 2 aromatic carbocycles. The van der Waals surface area contributed by atoms with Gasteiger partial charge >= 0.3 is 5.97 Å². The van der Waals surface area contributed by atoms with Gasteiger partial charge < -0.3 is 9.84 Å². The summed E-state index contributed by atoms with van der Waals surface area (Å²) in [6.07, 6.45) is 0.727. The normalized spacial score (nSPS) is 11.2. The minimum Gasteiger partial charge on any atom is -0.492 e. The molecule has 0 fully saturated rings. The topological polar surface area (TPSA) is 92.7 Å². The molecule has 0 aliphatic heterocycles. The number of aromatic carboxylic acids is 1. The van der Waals surface area contributed by atoms with E-state index in [1.807, 2.05) is 6.92 Å². The Morgan fingerprint density at radius 3 is 2.44 bits per heavy atom. The Labute approximate surface area is 151 Å². The van der Waals surface area contributed by atoms with E-state index in [0.717, 1.165) is 6.42 Å². The van der Waals surface area contributed by atoms with Gasteiger partial charge in [0.1, 0.15) is 10.6 Å². The lowest BCUT2D eigenvalue weighted by Crippen LogP contribution is -2.15. The van der Waals surface area contributed by atoms with Crippen LogP contribution in [-0.2, 0) is 10.0 Å². The van der Waals surface area contributed by atoms with Gasteiger partial charge in [-0.05, 0) is 55.3 Å². The second kappa shape index (κ2) is 7.76. The molecular weight excluding hydrogens is 366 g/mol. The number of hydrogen-bond donors (Lipinski definition) is 2. The molecule has 0 unspecified atom stereocenters. The van der Waals surface area contributed by atoms with Crippen LogP contribution in [0.15, 0.2) is 41.3 Å². The lowest BCUT2D eigenvalue weighted by atomic mass is 10.2. The molecule has 0 spiro atoms. The number of carboxylic acid groups (broad SMARTS) is 1. The fourth-order valence-electron chi connectivity index (χ4n) is 2.06. The van der Waals surface area contributed by atoms with Crippen LogP contribution in [0.3, 0.4) is 0 Å². The van der Waals surface area contributed by atoms with Crippen LogP contribution in [-0.4, -0.2) is 26.1 Å². The summed E-state index contributed by atoms with van der Waals surface area (Å²) in [7, 11) is -3.95. The molecule has 0 bridgehead atoms. The van der Waals surface area contributed by atoms with Gasteiger partial charge in [-0.15, -0.1) is 0 Å². The Bertz CT molecular complexity index is 879. The van der Waals surface area contributed by atoms with Crippen LogP contribution < -0.4 is 9.46 Å². The summed E-state index contributed by atoms with van der Waals surface area (Å²) < 4.78 is 33.3. The summed E-state index contributed by atoms with van der Waals surface area (Å²) in [5, 5.41) is 9.20. The van der Waals surface area contributed by atoms with Gasteiger partial charge in [-0.1, -0.05) is 18.5 Å². The first-order chi connectivity index (χ1) is 11.7. The predicted molar refractivity (Wildman–Crippen MR) is 96.2 cm³/mol. The van der Waals surface area contributed by atoms with Crippen molar-refractivity contribution in [1.29, 1.82) is 0 Å². The van der Waals surface area contributed by atoms with Gasteiger partial charge in [0.2, 0.25) is 0 Å². The van der Waals surface area contributed by atoms with Crippen molar-refractivity contribution in [2.45, 2.75) is 25.2 Å². The summed E-state index contributed by atoms with van der Waals surface area (Å²) in [5.74, 6) is -0.867. The van der Waals surface area contributed by atoms with Crippen LogP contribution in [0.1, 0.15) is 29.3 Å². The average molecular weight is 384 g/mol. The minimum atomic E-state index is -3.95. The number of halogens is 1. The Kier molecular flexibility index (Phi) is 5.92. The summed E-state index contributed by atoms with van der Waals surface area (Å²) in [5.41, 5.74) is 1.01. The maximum Gasteiger partial charge on any atom is 0.335 e. The van der Waals surface area contributed by atoms with Crippen LogP contribution in [0.4, 0.5) is 5.69 Å². The lowest BCUT2D eigenvalue weighted by molar-refractivity contribution is 0.0697. The lowest BCUT2D eigenvalue weighted by Gasteiger charge is -2.15. The quantitative estimate of drug-likeness (QED) is 0.755. The van der Waals surface area contributed by atoms with Crippen molar-refractivity contribution in [3.63, 3.8) is 0 Å². The molecule has 0 saturated heterocycles. The van der Waals surface area contributed by atoms with E-state index in [-0.39, 0.29) is 21.9 Å². The van der Waals surface area contributed by atoms with E-state index >= 15 is 0 Å². The third kappa shape index (κ3) is 4.64. The first-order valence-corrected chi connectivity index (χ1v) is 9.40. The monoisotopic (exact) mass is 383 g/mol. The fourth-order valence-corrected chi connectivity index (χ4v) is 3.50. The fraction of sp³-hybridized carbons (Fsp3) is 0.235. The number of carboxylic acids is 1. The van der Waals surface area contributed by atoms with Crippen molar-refractivity contribution in [3.8, 4) is 5.75 Å². The van der Waals surface area contributed by atoms with Crippen molar-refractivity contribution < 1.29 is 23.1 Å². The van der Waals surface area contributed by atoms with Gasteiger partial charge in [-0.2, -0.15) is 0 Å². The molecule has 0 aliphatic carbocycles. The van der Waals surface area contributed by atoms with E-state index in [1.54, 1.807) is 13.0 Å². The molecule has 134 valence electrons. The molecule has 2 rings (SSSR count). The molecule has 6 nitrogen and oxygen atoms in total. The van der Waals surface area contributed by atoms with Crippen LogP contribution in [0.5, 0.6) is 5.75 Å². The number of carbonyl (C=O) groups is 1. The van der Waals surface area contributed by atoms with E-state index in [4.69, 9.17) is 21.4 Å². The number of ether oxygens (including phenoxy) is 1. The zero-order valence-corrected chi connectivity index (χ0v) is 15.3. The highest BCUT2D eigenvalue weighted by Crippen LogP contribution is 2.31. The van der Waals surface area contributed by atoms with Gasteiger partial charge in [-0.25, -0.2) is 13.2 Å². The number of anilines is 1. The van der Waals surface area contributed by atoms with Crippen molar-refractivity contribution >= 4 is 33.3 Å². The highest BCUT2D eigenvalue weighted by Gasteiger charge is 2.22. The molecule has 0 heterocycles. The molecule has 0 atom stereocenters. The molecule has 0 aliphatic rings. The zero-order valence-electron chi connectivity index (χ0n) is 13.7. The Morgan fingerprint density at radius 1 is 1.24 bits per heavy atom. The Morgan fingerprint density at radius 2 is 1.88 bits per heavy atom. The number of aryl methyl sites for hydroxylation is 1. The molecule has 2 N–H and O–H groups in total. The van der Waals surface area contributed by atoms with Crippen LogP contribution in [0.2, 0.25) is 5.02 Å². The third-order valence-corrected chi connectivity index (χ3v) is 5.17. The molecule has 2 aromatic rings. The number of nitrogens with one attached hydrogen (secondary N) is 1. The number of rotatable bonds is 7. The predicted octanol–water partition coefficient (Wildman–Crippen LogP) is 3.94. The van der Waals surface area contributed by atoms with E-state index < -0.39 is 16.0 Å². The largest absolute Gasteiger partial charge is 0.492 e. The van der Waals surface area contributed by atoms with Crippen molar-refractivity contribution in [3.05, 3.63) is 52.5 Å². The first kappa shape index (κ1) is 19.1. The molecule has 0 aromatic heterocycles. The van der Waals surface area contributed by atoms with Crippen molar-refractivity contribution in [2.24, 2.45) is 0 Å². The minimum absolute atomic E-state index is 0.0632. The maximum atomic E-state index is 12.7. The highest BCUT2D eigenvalue weighted by atomic mass is 35.5. The second-order valence-corrected chi connectivity index (χ2v) is 7.44. The summed E-state index contributed by atoms with van der Waals surface area (Å²) in [6.45, 7) is 4.05.